The van der Waals surface area contributed by atoms with E-state index in [0.717, 1.165) is 49.2 Å². The molecule has 8 heteroatoms. The van der Waals surface area contributed by atoms with Crippen molar-refractivity contribution in [2.24, 2.45) is 5.92 Å². The lowest BCUT2D eigenvalue weighted by Crippen LogP contribution is -2.57. The van der Waals surface area contributed by atoms with E-state index in [0.29, 0.717) is 31.1 Å². The van der Waals surface area contributed by atoms with Gasteiger partial charge in [0.25, 0.3) is 0 Å². The van der Waals surface area contributed by atoms with Crippen LogP contribution in [0, 0.1) is 11.7 Å². The van der Waals surface area contributed by atoms with Gasteiger partial charge in [-0.05, 0) is 49.9 Å². The molecule has 1 amide bonds. The molecule has 2 atom stereocenters. The molecule has 2 aromatic heterocycles. The van der Waals surface area contributed by atoms with E-state index >= 15 is 0 Å². The first-order chi connectivity index (χ1) is 15.5. The van der Waals surface area contributed by atoms with Crippen LogP contribution in [0.4, 0.5) is 14.9 Å². The number of hydrogen-bond donors (Lipinski definition) is 4. The molecule has 0 bridgehead atoms. The summed E-state index contributed by atoms with van der Waals surface area (Å²) in [7, 11) is 0. The molecule has 4 N–H and O–H groups in total. The first-order valence-corrected chi connectivity index (χ1v) is 11.5. The lowest BCUT2D eigenvalue weighted by molar-refractivity contribution is 0.156. The van der Waals surface area contributed by atoms with Gasteiger partial charge >= 0.3 is 6.09 Å². The van der Waals surface area contributed by atoms with Crippen molar-refractivity contribution in [3.8, 4) is 0 Å². The number of halogens is 1. The van der Waals surface area contributed by atoms with E-state index in [2.05, 4.69) is 32.8 Å². The third kappa shape index (κ3) is 5.01. The van der Waals surface area contributed by atoms with Crippen LogP contribution in [0.3, 0.4) is 0 Å². The van der Waals surface area contributed by atoms with Crippen LogP contribution in [0.2, 0.25) is 0 Å². The number of hydrogen-bond acceptors (Lipinski definition) is 5. The first-order valence-electron chi connectivity index (χ1n) is 11.5. The number of piperidine rings is 1. The number of nitrogens with one attached hydrogen (secondary N) is 3. The number of anilines is 1. The highest BCUT2D eigenvalue weighted by molar-refractivity contribution is 5.68. The van der Waals surface area contributed by atoms with E-state index in [9.17, 15) is 14.3 Å². The standard InChI is InChI=1S/C24H32FN5O2/c1-16-11-24(15-27-12-16,30-23(31)32)19-9-10-26-14-21(19)28-13-18-7-8-20(25)22(29-18)17-5-3-2-4-6-17/h7-10,14,16-17,27-28,30H,2-6,11-13,15H2,1H3,(H,31,32)/t16-,24-/m1/s1. The smallest absolute Gasteiger partial charge is 0.405 e. The van der Waals surface area contributed by atoms with Gasteiger partial charge in [-0.1, -0.05) is 26.2 Å². The van der Waals surface area contributed by atoms with Gasteiger partial charge in [0.2, 0.25) is 0 Å². The van der Waals surface area contributed by atoms with Gasteiger partial charge in [0.05, 0.1) is 35.4 Å². The van der Waals surface area contributed by atoms with Crippen molar-refractivity contribution < 1.29 is 14.3 Å². The Bertz CT molecular complexity index is 950. The summed E-state index contributed by atoms with van der Waals surface area (Å²) in [5.74, 6) is 0.276. The number of carboxylic acid groups (broad SMARTS) is 1. The molecule has 1 aliphatic carbocycles. The summed E-state index contributed by atoms with van der Waals surface area (Å²) in [5.41, 5.74) is 2.19. The zero-order chi connectivity index (χ0) is 22.6. The Balaban J connectivity index is 1.57. The normalized spacial score (nSPS) is 24.1. The van der Waals surface area contributed by atoms with Gasteiger partial charge in [-0.2, -0.15) is 0 Å². The maximum absolute atomic E-state index is 14.5. The van der Waals surface area contributed by atoms with Crippen LogP contribution in [0.1, 0.15) is 68.3 Å². The molecule has 2 aromatic rings. The molecule has 1 saturated heterocycles. The van der Waals surface area contributed by atoms with Gasteiger partial charge in [0, 0.05) is 24.2 Å². The number of rotatable bonds is 6. The van der Waals surface area contributed by atoms with E-state index in [1.807, 2.05) is 6.07 Å². The minimum absolute atomic E-state index is 0.190. The van der Waals surface area contributed by atoms with Crippen molar-refractivity contribution in [3.05, 3.63) is 53.4 Å². The fourth-order valence-corrected chi connectivity index (χ4v) is 5.24. The predicted molar refractivity (Wildman–Crippen MR) is 121 cm³/mol. The SMILES string of the molecule is C[C@H]1CNC[C@@](NC(=O)O)(c2ccncc2NCc2ccc(F)c(C3CCCCC3)n2)C1. The Labute approximate surface area is 188 Å². The van der Waals surface area contributed by atoms with Crippen molar-refractivity contribution in [1.29, 1.82) is 0 Å². The Morgan fingerprint density at radius 1 is 1.28 bits per heavy atom. The molecule has 0 unspecified atom stereocenters. The molecule has 0 aromatic carbocycles. The second-order valence-electron chi connectivity index (χ2n) is 9.23. The molecular weight excluding hydrogens is 409 g/mol. The van der Waals surface area contributed by atoms with E-state index in [4.69, 9.17) is 0 Å². The van der Waals surface area contributed by atoms with Crippen LogP contribution < -0.4 is 16.0 Å². The zero-order valence-electron chi connectivity index (χ0n) is 18.5. The van der Waals surface area contributed by atoms with Crippen molar-refractivity contribution in [2.75, 3.05) is 18.4 Å². The summed E-state index contributed by atoms with van der Waals surface area (Å²) in [6, 6.07) is 5.09. The molecule has 4 rings (SSSR count). The topological polar surface area (TPSA) is 99.2 Å². The summed E-state index contributed by atoms with van der Waals surface area (Å²) < 4.78 is 14.5. The Morgan fingerprint density at radius 2 is 2.09 bits per heavy atom. The monoisotopic (exact) mass is 441 g/mol. The fourth-order valence-electron chi connectivity index (χ4n) is 5.24. The molecule has 1 saturated carbocycles. The second kappa shape index (κ2) is 9.81. The molecule has 0 radical (unpaired) electrons. The number of carbonyl (C=O) groups is 1. The number of aromatic nitrogens is 2. The van der Waals surface area contributed by atoms with E-state index in [1.165, 1.54) is 12.5 Å². The summed E-state index contributed by atoms with van der Waals surface area (Å²) in [6.07, 6.45) is 8.46. The highest BCUT2D eigenvalue weighted by Crippen LogP contribution is 2.36. The minimum Gasteiger partial charge on any atom is -0.465 e. The van der Waals surface area contributed by atoms with Gasteiger partial charge in [-0.25, -0.2) is 9.18 Å². The average molecular weight is 442 g/mol. The number of pyridine rings is 2. The quantitative estimate of drug-likeness (QED) is 0.531. The van der Waals surface area contributed by atoms with Crippen LogP contribution in [-0.4, -0.2) is 34.3 Å². The Hall–Kier alpha value is -2.74. The number of amides is 1. The third-order valence-electron chi connectivity index (χ3n) is 6.68. The lowest BCUT2D eigenvalue weighted by atomic mass is 9.78. The highest BCUT2D eigenvalue weighted by Gasteiger charge is 2.39. The third-order valence-corrected chi connectivity index (χ3v) is 6.68. The van der Waals surface area contributed by atoms with Crippen molar-refractivity contribution >= 4 is 11.8 Å². The molecule has 2 aliphatic rings. The van der Waals surface area contributed by atoms with Crippen LogP contribution in [0.25, 0.3) is 0 Å². The average Bonchev–Trinajstić information content (AvgIpc) is 2.79. The van der Waals surface area contributed by atoms with Crippen LogP contribution in [-0.2, 0) is 12.1 Å². The van der Waals surface area contributed by atoms with Crippen LogP contribution in [0.15, 0.2) is 30.6 Å². The maximum Gasteiger partial charge on any atom is 0.405 e. The second-order valence-corrected chi connectivity index (χ2v) is 9.23. The Kier molecular flexibility index (Phi) is 6.89. The van der Waals surface area contributed by atoms with Gasteiger partial charge in [0.15, 0.2) is 0 Å². The zero-order valence-corrected chi connectivity index (χ0v) is 18.5. The Morgan fingerprint density at radius 3 is 2.84 bits per heavy atom. The molecule has 3 heterocycles. The van der Waals surface area contributed by atoms with Gasteiger partial charge < -0.3 is 21.1 Å². The molecule has 0 spiro atoms. The minimum atomic E-state index is -1.05. The van der Waals surface area contributed by atoms with Crippen molar-refractivity contribution in [1.82, 2.24) is 20.6 Å². The van der Waals surface area contributed by atoms with Gasteiger partial charge in [0.1, 0.15) is 5.82 Å². The molecule has 1 aliphatic heterocycles. The largest absolute Gasteiger partial charge is 0.465 e. The highest BCUT2D eigenvalue weighted by atomic mass is 19.1. The van der Waals surface area contributed by atoms with Crippen molar-refractivity contribution in [2.45, 2.75) is 63.5 Å². The van der Waals surface area contributed by atoms with Gasteiger partial charge in [-0.3, -0.25) is 9.97 Å². The number of nitrogens with zero attached hydrogens (tertiary/aromatic N) is 2. The summed E-state index contributed by atoms with van der Waals surface area (Å²) in [5, 5.41) is 19.0. The summed E-state index contributed by atoms with van der Waals surface area (Å²) in [4.78, 5) is 20.5. The van der Waals surface area contributed by atoms with E-state index < -0.39 is 11.6 Å². The first kappa shape index (κ1) is 22.5. The summed E-state index contributed by atoms with van der Waals surface area (Å²) in [6.45, 7) is 3.86. The maximum atomic E-state index is 14.5. The van der Waals surface area contributed by atoms with E-state index in [-0.39, 0.29) is 11.7 Å². The lowest BCUT2D eigenvalue weighted by Gasteiger charge is -2.41. The fraction of sp³-hybridized carbons (Fsp3) is 0.542. The predicted octanol–water partition coefficient (Wildman–Crippen LogP) is 4.37. The van der Waals surface area contributed by atoms with Gasteiger partial charge in [-0.15, -0.1) is 0 Å². The summed E-state index contributed by atoms with van der Waals surface area (Å²) >= 11 is 0. The van der Waals surface area contributed by atoms with Crippen molar-refractivity contribution in [3.63, 3.8) is 0 Å². The molecule has 7 nitrogen and oxygen atoms in total. The van der Waals surface area contributed by atoms with Crippen LogP contribution >= 0.6 is 0 Å². The molecule has 2 fully saturated rings. The van der Waals surface area contributed by atoms with E-state index in [1.54, 1.807) is 18.5 Å². The molecule has 32 heavy (non-hydrogen) atoms. The molecular formula is C24H32FN5O2. The molecule has 172 valence electrons. The van der Waals surface area contributed by atoms with Crippen LogP contribution in [0.5, 0.6) is 0 Å².